The lowest BCUT2D eigenvalue weighted by Crippen LogP contribution is -2.19. The van der Waals surface area contributed by atoms with Crippen LogP contribution < -0.4 is 11.1 Å². The summed E-state index contributed by atoms with van der Waals surface area (Å²) in [4.78, 5) is 10.4. The lowest BCUT2D eigenvalue weighted by molar-refractivity contribution is -0.384. The summed E-state index contributed by atoms with van der Waals surface area (Å²) in [5.74, 6) is 0. The molecule has 88 valence electrons. The molecule has 5 heteroatoms. The van der Waals surface area contributed by atoms with Crippen molar-refractivity contribution in [1.29, 1.82) is 0 Å². The van der Waals surface area contributed by atoms with Crippen LogP contribution in [0.15, 0.2) is 18.2 Å². The third kappa shape index (κ3) is 3.51. The highest BCUT2D eigenvalue weighted by Gasteiger charge is 2.12. The molecule has 0 spiro atoms. The Hall–Kier alpha value is -1.62. The van der Waals surface area contributed by atoms with E-state index in [1.165, 1.54) is 0 Å². The third-order valence-corrected chi connectivity index (χ3v) is 2.27. The highest BCUT2D eigenvalue weighted by Crippen LogP contribution is 2.25. The first-order valence-electron chi connectivity index (χ1n) is 5.25. The van der Waals surface area contributed by atoms with Crippen LogP contribution in [0, 0.1) is 17.0 Å². The van der Waals surface area contributed by atoms with Crippen LogP contribution in [0.2, 0.25) is 0 Å². The van der Waals surface area contributed by atoms with E-state index >= 15 is 0 Å². The predicted octanol–water partition coefficient (Wildman–Crippen LogP) is 2.05. The lowest BCUT2D eigenvalue weighted by Gasteiger charge is -2.09. The third-order valence-electron chi connectivity index (χ3n) is 2.27. The van der Waals surface area contributed by atoms with Gasteiger partial charge in [-0.1, -0.05) is 6.07 Å². The second-order valence-electron chi connectivity index (χ2n) is 3.97. The molecule has 0 bridgehead atoms. The molecule has 0 amide bonds. The number of nitrogens with zero attached hydrogens (tertiary/aromatic N) is 1. The highest BCUT2D eigenvalue weighted by atomic mass is 16.6. The lowest BCUT2D eigenvalue weighted by atomic mass is 10.2. The molecule has 0 saturated carbocycles. The van der Waals surface area contributed by atoms with Crippen LogP contribution in [-0.4, -0.2) is 17.5 Å². The van der Waals surface area contributed by atoms with Crippen LogP contribution in [0.1, 0.15) is 18.9 Å². The Kier molecular flexibility index (Phi) is 4.25. The zero-order valence-corrected chi connectivity index (χ0v) is 9.56. The molecule has 1 aromatic rings. The Balaban J connectivity index is 2.75. The van der Waals surface area contributed by atoms with E-state index in [9.17, 15) is 10.1 Å². The number of nitro benzene ring substituents is 1. The average molecular weight is 223 g/mol. The number of anilines is 1. The number of benzene rings is 1. The van der Waals surface area contributed by atoms with Crippen LogP contribution in [0.4, 0.5) is 11.4 Å². The van der Waals surface area contributed by atoms with Crippen molar-refractivity contribution < 1.29 is 4.92 Å². The van der Waals surface area contributed by atoms with E-state index in [1.54, 1.807) is 12.1 Å². The minimum absolute atomic E-state index is 0.0944. The Labute approximate surface area is 94.8 Å². The number of nitrogens with one attached hydrogen (secondary N) is 1. The summed E-state index contributed by atoms with van der Waals surface area (Å²) in [7, 11) is 0. The van der Waals surface area contributed by atoms with E-state index in [4.69, 9.17) is 5.73 Å². The molecular weight excluding hydrogens is 206 g/mol. The number of nitrogens with two attached hydrogens (primary N) is 1. The van der Waals surface area contributed by atoms with Crippen molar-refractivity contribution in [2.24, 2.45) is 5.73 Å². The molecule has 1 aromatic carbocycles. The second-order valence-corrected chi connectivity index (χ2v) is 3.97. The maximum absolute atomic E-state index is 10.8. The van der Waals surface area contributed by atoms with E-state index in [-0.39, 0.29) is 16.7 Å². The smallest absolute Gasteiger partial charge is 0.292 e. The van der Waals surface area contributed by atoms with E-state index in [0.29, 0.717) is 12.2 Å². The Morgan fingerprint density at radius 3 is 2.81 bits per heavy atom. The van der Waals surface area contributed by atoms with Crippen molar-refractivity contribution in [1.82, 2.24) is 0 Å². The number of hydrogen-bond acceptors (Lipinski definition) is 4. The topological polar surface area (TPSA) is 81.2 Å². The summed E-state index contributed by atoms with van der Waals surface area (Å²) < 4.78 is 0. The molecule has 5 nitrogen and oxygen atoms in total. The fraction of sp³-hybridized carbons (Fsp3) is 0.455. The van der Waals surface area contributed by atoms with Crippen LogP contribution in [-0.2, 0) is 0 Å². The van der Waals surface area contributed by atoms with Gasteiger partial charge in [0.05, 0.1) is 4.92 Å². The van der Waals surface area contributed by atoms with Gasteiger partial charge >= 0.3 is 0 Å². The van der Waals surface area contributed by atoms with Gasteiger partial charge in [-0.05, 0) is 31.9 Å². The van der Waals surface area contributed by atoms with Crippen LogP contribution in [0.5, 0.6) is 0 Å². The van der Waals surface area contributed by atoms with Gasteiger partial charge in [-0.2, -0.15) is 0 Å². The summed E-state index contributed by atoms with van der Waals surface area (Å²) in [5.41, 5.74) is 7.15. The van der Waals surface area contributed by atoms with Crippen LogP contribution in [0.3, 0.4) is 0 Å². The Morgan fingerprint density at radius 1 is 1.56 bits per heavy atom. The van der Waals surface area contributed by atoms with Gasteiger partial charge in [0.2, 0.25) is 0 Å². The second kappa shape index (κ2) is 5.46. The monoisotopic (exact) mass is 223 g/mol. The van der Waals surface area contributed by atoms with Gasteiger partial charge in [-0.3, -0.25) is 10.1 Å². The molecule has 0 heterocycles. The van der Waals surface area contributed by atoms with Crippen molar-refractivity contribution in [2.45, 2.75) is 26.3 Å². The summed E-state index contributed by atoms with van der Waals surface area (Å²) in [6, 6.07) is 5.24. The van der Waals surface area contributed by atoms with E-state index < -0.39 is 0 Å². The predicted molar refractivity (Wildman–Crippen MR) is 64.6 cm³/mol. The summed E-state index contributed by atoms with van der Waals surface area (Å²) in [6.45, 7) is 4.38. The number of nitro groups is 1. The maximum atomic E-state index is 10.8. The van der Waals surface area contributed by atoms with Gasteiger partial charge in [0.15, 0.2) is 0 Å². The van der Waals surface area contributed by atoms with Crippen molar-refractivity contribution in [3.63, 3.8) is 0 Å². The average Bonchev–Trinajstić information content (AvgIpc) is 2.19. The van der Waals surface area contributed by atoms with Crippen molar-refractivity contribution >= 4 is 11.4 Å². The fourth-order valence-corrected chi connectivity index (χ4v) is 1.38. The largest absolute Gasteiger partial charge is 0.379 e. The number of hydrogen-bond donors (Lipinski definition) is 2. The summed E-state index contributed by atoms with van der Waals surface area (Å²) in [5, 5.41) is 13.8. The van der Waals surface area contributed by atoms with E-state index in [1.807, 2.05) is 19.9 Å². The molecule has 1 unspecified atom stereocenters. The summed E-state index contributed by atoms with van der Waals surface area (Å²) in [6.07, 6.45) is 0.783. The molecule has 1 atom stereocenters. The Bertz CT molecular complexity index is 377. The fourth-order valence-electron chi connectivity index (χ4n) is 1.38. The molecule has 0 aliphatic heterocycles. The van der Waals surface area contributed by atoms with Gasteiger partial charge in [0.1, 0.15) is 5.69 Å². The quantitative estimate of drug-likeness (QED) is 0.591. The number of aryl methyl sites for hydroxylation is 1. The zero-order chi connectivity index (χ0) is 12.1. The zero-order valence-electron chi connectivity index (χ0n) is 9.56. The first kappa shape index (κ1) is 12.4. The standard InChI is InChI=1S/C11H17N3O2/c1-8-3-4-10(11(7-8)14(15)16)13-6-5-9(2)12/h3-4,7,9,13H,5-6,12H2,1-2H3. The highest BCUT2D eigenvalue weighted by molar-refractivity contribution is 5.62. The molecular formula is C11H17N3O2. The molecule has 0 saturated heterocycles. The first-order valence-corrected chi connectivity index (χ1v) is 5.25. The molecule has 1 rings (SSSR count). The van der Waals surface area contributed by atoms with Gasteiger partial charge in [0, 0.05) is 18.7 Å². The molecule has 0 fully saturated rings. The molecule has 0 aromatic heterocycles. The van der Waals surface area contributed by atoms with Gasteiger partial charge < -0.3 is 11.1 Å². The molecule has 0 radical (unpaired) electrons. The van der Waals surface area contributed by atoms with Crippen LogP contribution in [0.25, 0.3) is 0 Å². The molecule has 0 aliphatic carbocycles. The number of rotatable bonds is 5. The first-order chi connectivity index (χ1) is 7.50. The van der Waals surface area contributed by atoms with E-state index in [0.717, 1.165) is 12.0 Å². The maximum Gasteiger partial charge on any atom is 0.292 e. The van der Waals surface area contributed by atoms with Gasteiger partial charge in [0.25, 0.3) is 5.69 Å². The van der Waals surface area contributed by atoms with Crippen molar-refractivity contribution in [3.05, 3.63) is 33.9 Å². The summed E-state index contributed by atoms with van der Waals surface area (Å²) >= 11 is 0. The SMILES string of the molecule is Cc1ccc(NCCC(C)N)c([N+](=O)[O-])c1. The van der Waals surface area contributed by atoms with Gasteiger partial charge in [-0.15, -0.1) is 0 Å². The van der Waals surface area contributed by atoms with Crippen LogP contribution >= 0.6 is 0 Å². The van der Waals surface area contributed by atoms with Crippen molar-refractivity contribution in [2.75, 3.05) is 11.9 Å². The molecule has 16 heavy (non-hydrogen) atoms. The van der Waals surface area contributed by atoms with Gasteiger partial charge in [-0.25, -0.2) is 0 Å². The Morgan fingerprint density at radius 2 is 2.25 bits per heavy atom. The minimum atomic E-state index is -0.374. The molecule has 0 aliphatic rings. The van der Waals surface area contributed by atoms with Crippen molar-refractivity contribution in [3.8, 4) is 0 Å². The molecule has 3 N–H and O–H groups in total. The van der Waals surface area contributed by atoms with E-state index in [2.05, 4.69) is 5.32 Å². The minimum Gasteiger partial charge on any atom is -0.379 e. The normalized spacial score (nSPS) is 12.2.